The Kier molecular flexibility index (Phi) is 18.7. The number of halogens is 1. The Hall–Kier alpha value is -0.880. The van der Waals surface area contributed by atoms with E-state index in [1.54, 1.807) is 13.2 Å². The molecule has 0 spiro atoms. The first-order valence-corrected chi connectivity index (χ1v) is 16.4. The van der Waals surface area contributed by atoms with E-state index in [0.29, 0.717) is 5.92 Å². The summed E-state index contributed by atoms with van der Waals surface area (Å²) < 4.78 is 5.79. The highest BCUT2D eigenvalue weighted by molar-refractivity contribution is 7.99. The summed E-state index contributed by atoms with van der Waals surface area (Å²) in [5.74, 6) is -0.575. The molecule has 0 aromatic carbocycles. The summed E-state index contributed by atoms with van der Waals surface area (Å²) in [6, 6.07) is -0.934. The molecule has 2 fully saturated rings. The van der Waals surface area contributed by atoms with Crippen LogP contribution < -0.4 is 10.4 Å². The van der Waals surface area contributed by atoms with Crippen molar-refractivity contribution in [3.05, 3.63) is 12.7 Å². The maximum Gasteiger partial charge on any atom is 0.237 e. The lowest BCUT2D eigenvalue weighted by Gasteiger charge is -2.44. The van der Waals surface area contributed by atoms with E-state index in [-0.39, 0.29) is 18.4 Å². The van der Waals surface area contributed by atoms with Crippen LogP contribution >= 0.6 is 23.4 Å². The maximum atomic E-state index is 12.9. The molecule has 2 saturated heterocycles. The summed E-state index contributed by atoms with van der Waals surface area (Å²) in [6.07, 6.45) is 9.74. The zero-order chi connectivity index (χ0) is 30.2. The van der Waals surface area contributed by atoms with Gasteiger partial charge in [-0.2, -0.15) is 0 Å². The zero-order valence-electron chi connectivity index (χ0n) is 24.7. The van der Waals surface area contributed by atoms with Gasteiger partial charge < -0.3 is 35.3 Å². The second-order valence-electron chi connectivity index (χ2n) is 11.1. The van der Waals surface area contributed by atoms with E-state index >= 15 is 0 Å². The number of hydrogen-bond acceptors (Lipinski definition) is 9. The minimum absolute atomic E-state index is 0.147. The maximum absolute atomic E-state index is 12.9. The number of aliphatic carboxylic acids is 1. The van der Waals surface area contributed by atoms with Crippen LogP contribution in [-0.2, 0) is 14.3 Å². The quantitative estimate of drug-likeness (QED) is 0.118. The fraction of sp³-hybridized carbons (Fsp3) is 0.862. The van der Waals surface area contributed by atoms with Gasteiger partial charge in [-0.05, 0) is 64.7 Å². The van der Waals surface area contributed by atoms with Crippen molar-refractivity contribution in [3.63, 3.8) is 0 Å². The smallest absolute Gasteiger partial charge is 0.237 e. The summed E-state index contributed by atoms with van der Waals surface area (Å²) >= 11 is 7.55. The predicted molar refractivity (Wildman–Crippen MR) is 159 cm³/mol. The van der Waals surface area contributed by atoms with Gasteiger partial charge in [-0.25, -0.2) is 0 Å². The Bertz CT molecular complexity index is 745. The molecule has 0 bridgehead atoms. The molecule has 2 heterocycles. The molecule has 2 aliphatic heterocycles. The van der Waals surface area contributed by atoms with Gasteiger partial charge in [0.1, 0.15) is 29.9 Å². The third-order valence-corrected chi connectivity index (χ3v) is 8.80. The molecule has 2 aliphatic rings. The molecule has 234 valence electrons. The molecule has 0 radical (unpaired) electrons. The van der Waals surface area contributed by atoms with Crippen LogP contribution in [0, 0.1) is 5.92 Å². The van der Waals surface area contributed by atoms with Crippen LogP contribution in [0.5, 0.6) is 0 Å². The summed E-state index contributed by atoms with van der Waals surface area (Å²) in [5.41, 5.74) is -0.702. The number of nitrogens with one attached hydrogen (secondary N) is 1. The molecular formula is C29H52ClN2O7S-. The third kappa shape index (κ3) is 12.5. The molecule has 4 N–H and O–H groups in total. The minimum atomic E-state index is -1.36. The van der Waals surface area contributed by atoms with E-state index in [4.69, 9.17) is 16.3 Å². The van der Waals surface area contributed by atoms with Crippen molar-refractivity contribution in [2.45, 2.75) is 132 Å². The van der Waals surface area contributed by atoms with Crippen molar-refractivity contribution in [2.75, 3.05) is 19.8 Å². The van der Waals surface area contributed by atoms with Gasteiger partial charge >= 0.3 is 0 Å². The van der Waals surface area contributed by atoms with E-state index in [1.165, 1.54) is 31.0 Å². The monoisotopic (exact) mass is 607 g/mol. The van der Waals surface area contributed by atoms with Crippen molar-refractivity contribution in [2.24, 2.45) is 5.92 Å². The fourth-order valence-corrected chi connectivity index (χ4v) is 6.26. The van der Waals surface area contributed by atoms with Crippen LogP contribution in [0.25, 0.3) is 0 Å². The van der Waals surface area contributed by atoms with Crippen LogP contribution in [0.15, 0.2) is 12.7 Å². The Labute approximate surface area is 250 Å². The van der Waals surface area contributed by atoms with E-state index in [1.807, 2.05) is 18.0 Å². The van der Waals surface area contributed by atoms with Gasteiger partial charge in [-0.15, -0.1) is 29.9 Å². The Balaban J connectivity index is 0.000000520. The number of carbonyl (C=O) groups is 2. The van der Waals surface area contributed by atoms with Gasteiger partial charge in [0.25, 0.3) is 0 Å². The van der Waals surface area contributed by atoms with Gasteiger partial charge in [0.2, 0.25) is 5.91 Å². The molecule has 0 unspecified atom stereocenters. The number of ether oxygens (including phenoxy) is 1. The Morgan fingerprint density at radius 3 is 2.33 bits per heavy atom. The molecule has 0 aliphatic carbocycles. The number of aliphatic hydroxyl groups is 3. The van der Waals surface area contributed by atoms with Crippen LogP contribution in [-0.4, -0.2) is 99.3 Å². The minimum Gasteiger partial charge on any atom is -0.550 e. The lowest BCUT2D eigenvalue weighted by atomic mass is 9.92. The third-order valence-electron chi connectivity index (χ3n) is 7.67. The molecule has 0 aromatic heterocycles. The van der Waals surface area contributed by atoms with Gasteiger partial charge in [-0.1, -0.05) is 45.1 Å². The fourth-order valence-electron chi connectivity index (χ4n) is 5.38. The van der Waals surface area contributed by atoms with Crippen molar-refractivity contribution < 1.29 is 34.8 Å². The first kappa shape index (κ1) is 37.1. The lowest BCUT2D eigenvalue weighted by molar-refractivity contribution is -0.305. The first-order chi connectivity index (χ1) is 19.0. The van der Waals surface area contributed by atoms with Crippen molar-refractivity contribution in [3.8, 4) is 0 Å². The van der Waals surface area contributed by atoms with Crippen molar-refractivity contribution in [1.82, 2.24) is 10.2 Å². The number of carboxylic acids is 1. The molecule has 11 heteroatoms. The molecular weight excluding hydrogens is 556 g/mol. The first-order valence-electron chi connectivity index (χ1n) is 14.7. The van der Waals surface area contributed by atoms with Gasteiger partial charge in [0.15, 0.2) is 0 Å². The topological polar surface area (TPSA) is 142 Å². The molecule has 9 nitrogen and oxygen atoms in total. The number of carbonyl (C=O) groups excluding carboxylic acids is 2. The van der Waals surface area contributed by atoms with E-state index in [9.17, 15) is 30.0 Å². The average molecular weight is 608 g/mol. The van der Waals surface area contributed by atoms with Gasteiger partial charge in [0.05, 0.1) is 17.5 Å². The number of hydrogen-bond donors (Lipinski definition) is 4. The van der Waals surface area contributed by atoms with E-state index < -0.39 is 47.2 Å². The number of unbranched alkanes of at least 4 members (excludes halogenated alkanes) is 6. The highest BCUT2D eigenvalue weighted by Gasteiger charge is 2.48. The Morgan fingerprint density at radius 2 is 1.77 bits per heavy atom. The number of amides is 1. The summed E-state index contributed by atoms with van der Waals surface area (Å²) in [4.78, 5) is 25.0. The van der Waals surface area contributed by atoms with E-state index in [0.717, 1.165) is 51.5 Å². The Morgan fingerprint density at radius 1 is 1.15 bits per heavy atom. The number of rotatable bonds is 16. The van der Waals surface area contributed by atoms with Crippen LogP contribution in [0.4, 0.5) is 0 Å². The number of likely N-dealkylation sites (N-methyl/N-ethyl adjacent to an activating group) is 1. The van der Waals surface area contributed by atoms with Crippen LogP contribution in [0.1, 0.15) is 84.5 Å². The SMILES string of the molecule is C=CCCCCCCCCC(=O)[O-].CCC[C@@H]1C[C@@H](C(=O)N[C@@H]([C@H]2O[C@H](SC)[C@H](O)[C@@H](O)[C@H]2O)[C@H](C)Cl)N(C)C1. The number of likely N-dealkylation sites (tertiary alicyclic amines) is 1. The molecule has 40 heavy (non-hydrogen) atoms. The normalized spacial score (nSPS) is 30.1. The molecule has 2 rings (SSSR count). The van der Waals surface area contributed by atoms with E-state index in [2.05, 4.69) is 18.8 Å². The van der Waals surface area contributed by atoms with Gasteiger partial charge in [0, 0.05) is 12.5 Å². The zero-order valence-corrected chi connectivity index (χ0v) is 26.2. The number of carboxylic acid groups (broad SMARTS) is 1. The predicted octanol–water partition coefficient (Wildman–Crippen LogP) is 2.43. The molecule has 0 aromatic rings. The summed E-state index contributed by atoms with van der Waals surface area (Å²) in [5, 5.41) is 43.1. The second kappa shape index (κ2) is 20.1. The van der Waals surface area contributed by atoms with Gasteiger partial charge in [-0.3, -0.25) is 9.69 Å². The number of alkyl halides is 1. The second-order valence-corrected chi connectivity index (χ2v) is 12.7. The number of thioether (sulfide) groups is 1. The largest absolute Gasteiger partial charge is 0.550 e. The highest BCUT2D eigenvalue weighted by Crippen LogP contribution is 2.31. The highest BCUT2D eigenvalue weighted by atomic mass is 35.5. The average Bonchev–Trinajstić information content (AvgIpc) is 3.28. The summed E-state index contributed by atoms with van der Waals surface area (Å²) in [6.45, 7) is 8.39. The lowest BCUT2D eigenvalue weighted by Crippen LogP contribution is -2.65. The van der Waals surface area contributed by atoms with Crippen LogP contribution in [0.3, 0.4) is 0 Å². The number of nitrogens with zero attached hydrogens (tertiary/aromatic N) is 1. The number of allylic oxidation sites excluding steroid dienone is 1. The standard InChI is InChI=1S/C18H33ClN2O5S.C11H20O2/c1-5-6-10-7-11(21(3)8-10)17(25)20-12(9(2)19)16-14(23)13(22)15(24)18(26-16)27-4;1-2-3-4-5-6-7-8-9-10-11(12)13/h9-16,18,22-24H,5-8H2,1-4H3,(H,20,25);2H,1,3-10H2,(H,12,13)/p-1/t9-,10+,11-,12+,13-,14+,15+,16+,18+;/m0./s1. The summed E-state index contributed by atoms with van der Waals surface area (Å²) in [7, 11) is 1.94. The molecule has 9 atom stereocenters. The molecule has 1 amide bonds. The van der Waals surface area contributed by atoms with Crippen molar-refractivity contribution in [1.29, 1.82) is 0 Å². The number of aliphatic hydroxyl groups excluding tert-OH is 3. The molecule has 0 saturated carbocycles. The van der Waals surface area contributed by atoms with Crippen molar-refractivity contribution >= 4 is 35.2 Å². The van der Waals surface area contributed by atoms with Crippen LogP contribution in [0.2, 0.25) is 0 Å².